The summed E-state index contributed by atoms with van der Waals surface area (Å²) in [5.74, 6) is 0.959. The van der Waals surface area contributed by atoms with Gasteiger partial charge >= 0.3 is 0 Å². The van der Waals surface area contributed by atoms with E-state index in [1.165, 1.54) is 0 Å². The summed E-state index contributed by atoms with van der Waals surface area (Å²) in [5.41, 5.74) is 5.64. The summed E-state index contributed by atoms with van der Waals surface area (Å²) in [6.45, 7) is 0.674. The molecule has 0 radical (unpaired) electrons. The number of anilines is 1. The molecule has 0 saturated heterocycles. The average Bonchev–Trinajstić information content (AvgIpc) is 2.54. The van der Waals surface area contributed by atoms with Crippen molar-refractivity contribution in [3.8, 4) is 0 Å². The van der Waals surface area contributed by atoms with Crippen LogP contribution in [0.1, 0.15) is 6.42 Å². The predicted molar refractivity (Wildman–Crippen MR) is 51.8 cm³/mol. The van der Waals surface area contributed by atoms with Crippen LogP contribution in [-0.2, 0) is 9.73 Å². The minimum absolute atomic E-state index is 0.346. The molecule has 0 amide bonds. The Kier molecular flexibility index (Phi) is 1.95. The molecule has 1 atom stereocenters. The lowest BCUT2D eigenvalue weighted by Gasteiger charge is -2.05. The van der Waals surface area contributed by atoms with Crippen molar-refractivity contribution in [2.24, 2.45) is 4.36 Å². The molecule has 0 fully saturated rings. The molecule has 1 aromatic heterocycles. The smallest absolute Gasteiger partial charge is 0.140 e. The van der Waals surface area contributed by atoms with Gasteiger partial charge in [-0.3, -0.25) is 0 Å². The van der Waals surface area contributed by atoms with E-state index in [2.05, 4.69) is 9.35 Å². The number of nitrogen functional groups attached to an aromatic ring is 1. The number of aromatic nitrogens is 1. The first kappa shape index (κ1) is 8.50. The summed E-state index contributed by atoms with van der Waals surface area (Å²) in [4.78, 5) is 4.51. The third-order valence-corrected chi connectivity index (χ3v) is 4.50. The van der Waals surface area contributed by atoms with Crippen molar-refractivity contribution < 1.29 is 4.21 Å². The summed E-state index contributed by atoms with van der Waals surface area (Å²) >= 11 is 0. The van der Waals surface area contributed by atoms with Crippen LogP contribution in [0.15, 0.2) is 27.6 Å². The Morgan fingerprint density at radius 1 is 1.54 bits per heavy atom. The van der Waals surface area contributed by atoms with Crippen molar-refractivity contribution in [1.82, 2.24) is 4.98 Å². The van der Waals surface area contributed by atoms with E-state index in [4.69, 9.17) is 5.73 Å². The van der Waals surface area contributed by atoms with Crippen LogP contribution in [0.3, 0.4) is 0 Å². The fraction of sp³-hybridized carbons (Fsp3) is 0.375. The number of hydrogen-bond donors (Lipinski definition) is 1. The van der Waals surface area contributed by atoms with Crippen LogP contribution in [0.5, 0.6) is 0 Å². The highest BCUT2D eigenvalue weighted by Crippen LogP contribution is 2.23. The molecular formula is C8H11N3OS. The lowest BCUT2D eigenvalue weighted by molar-refractivity contribution is 0.679. The SMILES string of the molecule is Nc1ncccc1S1(=O)=NCCC1. The van der Waals surface area contributed by atoms with Crippen LogP contribution in [-0.4, -0.2) is 21.5 Å². The van der Waals surface area contributed by atoms with E-state index < -0.39 is 9.73 Å². The summed E-state index contributed by atoms with van der Waals surface area (Å²) in [7, 11) is -2.23. The molecule has 0 aliphatic carbocycles. The normalized spacial score (nSPS) is 27.1. The van der Waals surface area contributed by atoms with Gasteiger partial charge in [0.25, 0.3) is 0 Å². The van der Waals surface area contributed by atoms with E-state index in [0.29, 0.717) is 23.0 Å². The number of nitrogens with zero attached hydrogens (tertiary/aromatic N) is 2. The van der Waals surface area contributed by atoms with Crippen LogP contribution in [0.2, 0.25) is 0 Å². The van der Waals surface area contributed by atoms with Gasteiger partial charge < -0.3 is 5.73 Å². The number of hydrogen-bond acceptors (Lipinski definition) is 4. The lowest BCUT2D eigenvalue weighted by Crippen LogP contribution is -2.06. The van der Waals surface area contributed by atoms with E-state index in [1.807, 2.05) is 0 Å². The van der Waals surface area contributed by atoms with Gasteiger partial charge in [-0.05, 0) is 18.6 Å². The first-order chi connectivity index (χ1) is 6.22. The van der Waals surface area contributed by atoms with Gasteiger partial charge in [-0.25, -0.2) is 13.6 Å². The molecule has 70 valence electrons. The Bertz CT molecular complexity index is 435. The topological polar surface area (TPSA) is 68.3 Å². The molecule has 2 rings (SSSR count). The Morgan fingerprint density at radius 3 is 3.00 bits per heavy atom. The van der Waals surface area contributed by atoms with Crippen LogP contribution in [0.4, 0.5) is 5.82 Å². The Balaban J connectivity index is 2.59. The minimum Gasteiger partial charge on any atom is -0.383 e. The van der Waals surface area contributed by atoms with Crippen LogP contribution in [0.25, 0.3) is 0 Å². The first-order valence-electron chi connectivity index (χ1n) is 4.13. The molecule has 0 aromatic carbocycles. The summed E-state index contributed by atoms with van der Waals surface area (Å²) < 4.78 is 16.2. The molecular weight excluding hydrogens is 186 g/mol. The molecule has 4 nitrogen and oxygen atoms in total. The van der Waals surface area contributed by atoms with Crippen molar-refractivity contribution >= 4 is 15.5 Å². The molecule has 1 unspecified atom stereocenters. The van der Waals surface area contributed by atoms with E-state index in [1.54, 1.807) is 18.3 Å². The number of pyridine rings is 1. The number of rotatable bonds is 1. The summed E-state index contributed by atoms with van der Waals surface area (Å²) in [6.07, 6.45) is 2.48. The maximum Gasteiger partial charge on any atom is 0.140 e. The highest BCUT2D eigenvalue weighted by Gasteiger charge is 2.19. The molecule has 2 N–H and O–H groups in total. The van der Waals surface area contributed by atoms with Crippen LogP contribution in [0, 0.1) is 0 Å². The highest BCUT2D eigenvalue weighted by molar-refractivity contribution is 7.94. The average molecular weight is 197 g/mol. The minimum atomic E-state index is -2.23. The maximum absolute atomic E-state index is 12.1. The van der Waals surface area contributed by atoms with Gasteiger partial charge in [-0.15, -0.1) is 0 Å². The van der Waals surface area contributed by atoms with E-state index in [0.717, 1.165) is 6.42 Å². The van der Waals surface area contributed by atoms with E-state index in [-0.39, 0.29) is 0 Å². The fourth-order valence-corrected chi connectivity index (χ4v) is 3.49. The van der Waals surface area contributed by atoms with E-state index >= 15 is 0 Å². The van der Waals surface area contributed by atoms with E-state index in [9.17, 15) is 4.21 Å². The van der Waals surface area contributed by atoms with Gasteiger partial charge in [0.15, 0.2) is 0 Å². The van der Waals surface area contributed by atoms with Crippen LogP contribution < -0.4 is 5.73 Å². The third kappa shape index (κ3) is 1.39. The quantitative estimate of drug-likeness (QED) is 0.727. The van der Waals surface area contributed by atoms with Gasteiger partial charge in [0.1, 0.15) is 5.82 Å². The van der Waals surface area contributed by atoms with Gasteiger partial charge in [0.2, 0.25) is 0 Å². The fourth-order valence-electron chi connectivity index (χ4n) is 1.39. The van der Waals surface area contributed by atoms with Gasteiger partial charge in [-0.2, -0.15) is 0 Å². The van der Waals surface area contributed by atoms with Crippen LogP contribution >= 0.6 is 0 Å². The van der Waals surface area contributed by atoms with Crippen molar-refractivity contribution in [3.63, 3.8) is 0 Å². The van der Waals surface area contributed by atoms with Crippen molar-refractivity contribution in [2.75, 3.05) is 18.0 Å². The zero-order valence-electron chi connectivity index (χ0n) is 7.14. The highest BCUT2D eigenvalue weighted by atomic mass is 32.2. The second-order valence-corrected chi connectivity index (χ2v) is 5.32. The summed E-state index contributed by atoms with van der Waals surface area (Å²) in [6, 6.07) is 3.49. The van der Waals surface area contributed by atoms with Crippen molar-refractivity contribution in [1.29, 1.82) is 0 Å². The van der Waals surface area contributed by atoms with Crippen molar-refractivity contribution in [3.05, 3.63) is 18.3 Å². The van der Waals surface area contributed by atoms with Crippen molar-refractivity contribution in [2.45, 2.75) is 11.3 Å². The van der Waals surface area contributed by atoms with Gasteiger partial charge in [0.05, 0.1) is 14.6 Å². The molecule has 13 heavy (non-hydrogen) atoms. The second kappa shape index (κ2) is 2.99. The molecule has 5 heteroatoms. The second-order valence-electron chi connectivity index (χ2n) is 2.94. The standard InChI is InChI=1S/C8H11N3OS/c9-8-7(3-1-4-10-8)13(12)6-2-5-11-13/h1,3-4H,2,5-6H2,(H2,9,10). The number of nitrogens with two attached hydrogens (primary N) is 1. The lowest BCUT2D eigenvalue weighted by atomic mass is 10.5. The summed E-state index contributed by atoms with van der Waals surface area (Å²) in [5, 5.41) is 0. The molecule has 2 heterocycles. The first-order valence-corrected chi connectivity index (χ1v) is 5.82. The van der Waals surface area contributed by atoms with Gasteiger partial charge in [-0.1, -0.05) is 0 Å². The Morgan fingerprint density at radius 2 is 2.38 bits per heavy atom. The Labute approximate surface area is 77.4 Å². The molecule has 0 spiro atoms. The largest absolute Gasteiger partial charge is 0.383 e. The zero-order chi connectivity index (χ0) is 9.31. The van der Waals surface area contributed by atoms with Gasteiger partial charge in [0, 0.05) is 18.5 Å². The third-order valence-electron chi connectivity index (χ3n) is 2.02. The molecule has 0 bridgehead atoms. The molecule has 0 saturated carbocycles. The molecule has 1 aromatic rings. The molecule has 1 aliphatic rings. The predicted octanol–water partition coefficient (Wildman–Crippen LogP) is 0.894. The zero-order valence-corrected chi connectivity index (χ0v) is 7.96. The Hall–Kier alpha value is -1.10. The monoisotopic (exact) mass is 197 g/mol. The molecule has 1 aliphatic heterocycles. The maximum atomic E-state index is 12.1.